The van der Waals surface area contributed by atoms with Crippen LogP contribution in [0.15, 0.2) is 53.6 Å². The number of fused-ring (bicyclic) bond motifs is 1. The van der Waals surface area contributed by atoms with Gasteiger partial charge in [-0.3, -0.25) is 14.2 Å². The molecule has 4 aromatic rings. The number of hydrogen-bond donors (Lipinski definition) is 1. The number of aryl methyl sites for hydroxylation is 3. The molecule has 0 bridgehead atoms. The van der Waals surface area contributed by atoms with E-state index in [0.717, 1.165) is 32.8 Å². The molecular weight excluding hydrogens is 430 g/mol. The summed E-state index contributed by atoms with van der Waals surface area (Å²) in [5.41, 5.74) is 4.33. The normalized spacial score (nSPS) is 12.2. The summed E-state index contributed by atoms with van der Waals surface area (Å²) in [5, 5.41) is 4.09. The Morgan fingerprint density at radius 1 is 1.13 bits per heavy atom. The van der Waals surface area contributed by atoms with E-state index in [1.807, 2.05) is 51.1 Å². The summed E-state index contributed by atoms with van der Waals surface area (Å²) < 4.78 is 1.40. The molecule has 0 radical (unpaired) electrons. The highest BCUT2D eigenvalue weighted by atomic mass is 35.5. The summed E-state index contributed by atoms with van der Waals surface area (Å²) >= 11 is 7.50. The van der Waals surface area contributed by atoms with E-state index >= 15 is 0 Å². The number of thiophene rings is 1. The predicted molar refractivity (Wildman–Crippen MR) is 128 cm³/mol. The van der Waals surface area contributed by atoms with Crippen molar-refractivity contribution < 1.29 is 4.79 Å². The third kappa shape index (κ3) is 4.01. The summed E-state index contributed by atoms with van der Waals surface area (Å²) in [7, 11) is 0. The molecule has 7 heteroatoms. The van der Waals surface area contributed by atoms with Crippen molar-refractivity contribution in [3.05, 3.63) is 80.2 Å². The van der Waals surface area contributed by atoms with E-state index < -0.39 is 6.04 Å². The molecule has 1 amide bonds. The van der Waals surface area contributed by atoms with Crippen molar-refractivity contribution in [3.63, 3.8) is 0 Å². The number of hydrogen-bond acceptors (Lipinski definition) is 4. The average Bonchev–Trinajstić information content (AvgIpc) is 3.07. The highest BCUT2D eigenvalue weighted by Gasteiger charge is 2.22. The van der Waals surface area contributed by atoms with Crippen LogP contribution in [0.25, 0.3) is 21.3 Å². The molecule has 1 unspecified atom stereocenters. The molecule has 158 valence electrons. The van der Waals surface area contributed by atoms with Gasteiger partial charge in [0.15, 0.2) is 0 Å². The number of anilines is 1. The number of aromatic nitrogens is 2. The first-order chi connectivity index (χ1) is 14.8. The number of nitrogens with one attached hydrogen (secondary N) is 1. The second-order valence-corrected chi connectivity index (χ2v) is 9.30. The second-order valence-electron chi connectivity index (χ2n) is 7.66. The molecule has 2 heterocycles. The Labute approximate surface area is 189 Å². The smallest absolute Gasteiger partial charge is 0.263 e. The van der Waals surface area contributed by atoms with Crippen LogP contribution in [-0.4, -0.2) is 15.5 Å². The van der Waals surface area contributed by atoms with Gasteiger partial charge in [0.1, 0.15) is 10.9 Å². The van der Waals surface area contributed by atoms with Crippen LogP contribution in [0.1, 0.15) is 29.0 Å². The zero-order valence-corrected chi connectivity index (χ0v) is 19.3. The second kappa shape index (κ2) is 8.29. The molecule has 1 N–H and O–H groups in total. The van der Waals surface area contributed by atoms with Crippen LogP contribution in [-0.2, 0) is 4.79 Å². The van der Waals surface area contributed by atoms with Gasteiger partial charge in [-0.1, -0.05) is 41.4 Å². The third-order valence-corrected chi connectivity index (χ3v) is 6.65. The van der Waals surface area contributed by atoms with Gasteiger partial charge in [0.2, 0.25) is 5.91 Å². The van der Waals surface area contributed by atoms with Gasteiger partial charge in [-0.05, 0) is 57.0 Å². The van der Waals surface area contributed by atoms with Crippen molar-refractivity contribution in [2.24, 2.45) is 0 Å². The van der Waals surface area contributed by atoms with E-state index in [1.165, 1.54) is 22.2 Å². The molecule has 0 fully saturated rings. The Balaban J connectivity index is 1.75. The van der Waals surface area contributed by atoms with Crippen molar-refractivity contribution in [1.29, 1.82) is 0 Å². The summed E-state index contributed by atoms with van der Waals surface area (Å²) in [5.74, 6) is -0.268. The average molecular weight is 452 g/mol. The molecule has 31 heavy (non-hydrogen) atoms. The Kier molecular flexibility index (Phi) is 5.69. The van der Waals surface area contributed by atoms with E-state index in [9.17, 15) is 9.59 Å². The lowest BCUT2D eigenvalue weighted by molar-refractivity contribution is -0.118. The number of carbonyl (C=O) groups excluding carboxylic acids is 1. The molecule has 2 aromatic carbocycles. The maximum atomic E-state index is 13.4. The van der Waals surface area contributed by atoms with Crippen molar-refractivity contribution >= 4 is 44.7 Å². The fourth-order valence-electron chi connectivity index (χ4n) is 3.67. The molecule has 0 aliphatic carbocycles. The molecule has 5 nitrogen and oxygen atoms in total. The Morgan fingerprint density at radius 3 is 2.52 bits per heavy atom. The van der Waals surface area contributed by atoms with Gasteiger partial charge in [0.25, 0.3) is 5.56 Å². The molecule has 2 aromatic heterocycles. The summed E-state index contributed by atoms with van der Waals surface area (Å²) in [6.07, 6.45) is 1.46. The van der Waals surface area contributed by atoms with Crippen LogP contribution in [0, 0.1) is 20.8 Å². The zero-order chi connectivity index (χ0) is 22.3. The summed E-state index contributed by atoms with van der Waals surface area (Å²) in [6.45, 7) is 7.62. The molecule has 0 saturated heterocycles. The van der Waals surface area contributed by atoms with E-state index in [-0.39, 0.29) is 11.5 Å². The van der Waals surface area contributed by atoms with Crippen LogP contribution >= 0.6 is 22.9 Å². The molecule has 0 aliphatic rings. The van der Waals surface area contributed by atoms with Gasteiger partial charge >= 0.3 is 0 Å². The molecule has 4 rings (SSSR count). The van der Waals surface area contributed by atoms with Crippen molar-refractivity contribution in [3.8, 4) is 11.1 Å². The highest BCUT2D eigenvalue weighted by molar-refractivity contribution is 7.19. The van der Waals surface area contributed by atoms with Gasteiger partial charge in [0.05, 0.1) is 11.7 Å². The Bertz CT molecular complexity index is 1360. The van der Waals surface area contributed by atoms with E-state index in [4.69, 9.17) is 11.6 Å². The molecular formula is C24H22ClN3O2S. The fourth-order valence-corrected chi connectivity index (χ4v) is 4.80. The van der Waals surface area contributed by atoms with Crippen LogP contribution in [0.3, 0.4) is 0 Å². The number of benzene rings is 2. The quantitative estimate of drug-likeness (QED) is 0.420. The maximum absolute atomic E-state index is 13.4. The molecule has 1 atom stereocenters. The van der Waals surface area contributed by atoms with Crippen molar-refractivity contribution in [2.45, 2.75) is 33.7 Å². The van der Waals surface area contributed by atoms with E-state index in [1.54, 1.807) is 19.1 Å². The summed E-state index contributed by atoms with van der Waals surface area (Å²) in [4.78, 5) is 32.5. The minimum atomic E-state index is -0.719. The van der Waals surface area contributed by atoms with Gasteiger partial charge in [-0.2, -0.15) is 0 Å². The van der Waals surface area contributed by atoms with Gasteiger partial charge in [0, 0.05) is 21.2 Å². The fraction of sp³-hybridized carbons (Fsp3) is 0.208. The first kappa shape index (κ1) is 21.3. The molecule has 0 saturated carbocycles. The first-order valence-electron chi connectivity index (χ1n) is 9.90. The third-order valence-electron chi connectivity index (χ3n) is 5.38. The Hall–Kier alpha value is -2.96. The van der Waals surface area contributed by atoms with Crippen molar-refractivity contribution in [1.82, 2.24) is 9.55 Å². The van der Waals surface area contributed by atoms with Gasteiger partial charge in [-0.15, -0.1) is 11.3 Å². The predicted octanol–water partition coefficient (Wildman–Crippen LogP) is 5.90. The van der Waals surface area contributed by atoms with Crippen LogP contribution in [0.2, 0.25) is 5.02 Å². The number of nitrogens with zero attached hydrogens (tertiary/aromatic N) is 2. The van der Waals surface area contributed by atoms with Gasteiger partial charge in [-0.25, -0.2) is 4.98 Å². The minimum Gasteiger partial charge on any atom is -0.324 e. The van der Waals surface area contributed by atoms with Crippen molar-refractivity contribution in [2.75, 3.05) is 5.32 Å². The number of amides is 1. The van der Waals surface area contributed by atoms with E-state index in [2.05, 4.69) is 10.3 Å². The number of carbonyl (C=O) groups is 1. The SMILES string of the molecule is Cc1ccc(NC(=O)C(C)n2cnc3sc(C)c(-c4ccc(Cl)cc4)c3c2=O)c(C)c1. The topological polar surface area (TPSA) is 64.0 Å². The first-order valence-corrected chi connectivity index (χ1v) is 11.1. The van der Waals surface area contributed by atoms with Gasteiger partial charge < -0.3 is 5.32 Å². The lowest BCUT2D eigenvalue weighted by Gasteiger charge is -2.16. The van der Waals surface area contributed by atoms with Crippen LogP contribution in [0.4, 0.5) is 5.69 Å². The Morgan fingerprint density at radius 2 is 1.84 bits per heavy atom. The van der Waals surface area contributed by atoms with E-state index in [0.29, 0.717) is 15.2 Å². The monoisotopic (exact) mass is 451 g/mol. The standard InChI is InChI=1S/C24H22ClN3O2S/c1-13-5-10-19(14(2)11-13)27-22(29)15(3)28-12-26-23-21(24(28)30)20(16(4)31-23)17-6-8-18(25)9-7-17/h5-12,15H,1-4H3,(H,27,29). The number of halogens is 1. The zero-order valence-electron chi connectivity index (χ0n) is 17.7. The minimum absolute atomic E-state index is 0.234. The lowest BCUT2D eigenvalue weighted by atomic mass is 10.0. The summed E-state index contributed by atoms with van der Waals surface area (Å²) in [6, 6.07) is 12.5. The molecule has 0 spiro atoms. The van der Waals surface area contributed by atoms with Crippen LogP contribution < -0.4 is 10.9 Å². The molecule has 0 aliphatic heterocycles. The largest absolute Gasteiger partial charge is 0.324 e. The maximum Gasteiger partial charge on any atom is 0.263 e. The lowest BCUT2D eigenvalue weighted by Crippen LogP contribution is -2.31. The van der Waals surface area contributed by atoms with Crippen LogP contribution in [0.5, 0.6) is 0 Å². The highest BCUT2D eigenvalue weighted by Crippen LogP contribution is 2.36. The number of rotatable bonds is 4.